The fraction of sp³-hybridized carbons (Fsp3) is 0.320. The SMILES string of the molecule is Cc1cccc(C)c1OCc1csc(C(=O)N2CCN(Cc3ccc(F)cc3)CC2)c1. The summed E-state index contributed by atoms with van der Waals surface area (Å²) >= 11 is 1.48. The standard InChI is InChI=1S/C25H27FN2O2S/c1-18-4-3-5-19(2)24(18)30-16-21-14-23(31-17-21)25(29)28-12-10-27(11-13-28)15-20-6-8-22(26)9-7-20/h3-9,14,17H,10-13,15-16H2,1-2H3. The Balaban J connectivity index is 1.29. The third-order valence-corrected chi connectivity index (χ3v) is 6.60. The van der Waals surface area contributed by atoms with E-state index in [1.807, 2.05) is 60.5 Å². The van der Waals surface area contributed by atoms with Gasteiger partial charge in [-0.25, -0.2) is 4.39 Å². The second kappa shape index (κ2) is 9.62. The maximum absolute atomic E-state index is 13.1. The molecule has 0 aliphatic carbocycles. The van der Waals surface area contributed by atoms with Gasteiger partial charge in [-0.05, 0) is 54.1 Å². The number of ether oxygens (including phenoxy) is 1. The van der Waals surface area contributed by atoms with Crippen molar-refractivity contribution < 1.29 is 13.9 Å². The molecule has 162 valence electrons. The Morgan fingerprint density at radius 2 is 1.68 bits per heavy atom. The molecule has 1 fully saturated rings. The summed E-state index contributed by atoms with van der Waals surface area (Å²) in [5.74, 6) is 0.789. The third-order valence-electron chi connectivity index (χ3n) is 5.64. The molecule has 0 spiro atoms. The molecule has 1 aromatic heterocycles. The minimum atomic E-state index is -0.214. The van der Waals surface area contributed by atoms with Crippen LogP contribution in [0, 0.1) is 19.7 Å². The zero-order valence-corrected chi connectivity index (χ0v) is 18.8. The molecule has 0 atom stereocenters. The number of rotatable bonds is 6. The number of hydrogen-bond donors (Lipinski definition) is 0. The highest BCUT2D eigenvalue weighted by atomic mass is 32.1. The van der Waals surface area contributed by atoms with Crippen LogP contribution in [0.5, 0.6) is 5.75 Å². The molecule has 4 nitrogen and oxygen atoms in total. The molecule has 2 aromatic carbocycles. The molecule has 2 heterocycles. The Bertz CT molecular complexity index is 1020. The van der Waals surface area contributed by atoms with Crippen molar-refractivity contribution in [2.75, 3.05) is 26.2 Å². The van der Waals surface area contributed by atoms with Crippen LogP contribution < -0.4 is 4.74 Å². The smallest absolute Gasteiger partial charge is 0.264 e. The van der Waals surface area contributed by atoms with Crippen LogP contribution in [0.25, 0.3) is 0 Å². The Labute approximate surface area is 186 Å². The largest absolute Gasteiger partial charge is 0.488 e. The molecule has 1 saturated heterocycles. The maximum atomic E-state index is 13.1. The van der Waals surface area contributed by atoms with Gasteiger partial charge < -0.3 is 9.64 Å². The number of carbonyl (C=O) groups excluding carboxylic acids is 1. The van der Waals surface area contributed by atoms with E-state index >= 15 is 0 Å². The average Bonchev–Trinajstić information content (AvgIpc) is 3.24. The lowest BCUT2D eigenvalue weighted by Crippen LogP contribution is -2.48. The minimum absolute atomic E-state index is 0.0877. The highest BCUT2D eigenvalue weighted by Crippen LogP contribution is 2.25. The van der Waals surface area contributed by atoms with Crippen molar-refractivity contribution in [2.45, 2.75) is 27.0 Å². The van der Waals surface area contributed by atoms with E-state index in [-0.39, 0.29) is 11.7 Å². The molecule has 1 aliphatic rings. The number of carbonyl (C=O) groups is 1. The summed E-state index contributed by atoms with van der Waals surface area (Å²) in [5.41, 5.74) is 4.34. The summed E-state index contributed by atoms with van der Waals surface area (Å²) in [5, 5.41) is 2.01. The Hall–Kier alpha value is -2.70. The summed E-state index contributed by atoms with van der Waals surface area (Å²) in [7, 11) is 0. The number of nitrogens with zero attached hydrogens (tertiary/aromatic N) is 2. The van der Waals surface area contributed by atoms with Crippen LogP contribution >= 0.6 is 11.3 Å². The number of para-hydroxylation sites is 1. The number of piperazine rings is 1. The fourth-order valence-electron chi connectivity index (χ4n) is 3.86. The van der Waals surface area contributed by atoms with Gasteiger partial charge >= 0.3 is 0 Å². The highest BCUT2D eigenvalue weighted by molar-refractivity contribution is 7.12. The van der Waals surface area contributed by atoms with Gasteiger partial charge in [-0.3, -0.25) is 9.69 Å². The van der Waals surface area contributed by atoms with E-state index in [0.717, 1.165) is 52.5 Å². The predicted molar refractivity (Wildman–Crippen MR) is 122 cm³/mol. The topological polar surface area (TPSA) is 32.8 Å². The van der Waals surface area contributed by atoms with E-state index < -0.39 is 0 Å². The van der Waals surface area contributed by atoms with Gasteiger partial charge in [0.05, 0.1) is 4.88 Å². The first-order valence-electron chi connectivity index (χ1n) is 10.5. The number of thiophene rings is 1. The molecule has 1 aliphatic heterocycles. The van der Waals surface area contributed by atoms with Crippen molar-refractivity contribution in [3.05, 3.63) is 86.9 Å². The second-order valence-electron chi connectivity index (χ2n) is 8.02. The summed E-state index contributed by atoms with van der Waals surface area (Å²) in [6.07, 6.45) is 0. The summed E-state index contributed by atoms with van der Waals surface area (Å²) < 4.78 is 19.1. The minimum Gasteiger partial charge on any atom is -0.488 e. The zero-order chi connectivity index (χ0) is 21.8. The molecule has 0 bridgehead atoms. The normalized spacial score (nSPS) is 14.6. The van der Waals surface area contributed by atoms with Gasteiger partial charge in [-0.2, -0.15) is 0 Å². The fourth-order valence-corrected chi connectivity index (χ4v) is 4.72. The number of hydrogen-bond acceptors (Lipinski definition) is 4. The molecule has 0 N–H and O–H groups in total. The van der Waals surface area contributed by atoms with E-state index in [2.05, 4.69) is 4.90 Å². The van der Waals surface area contributed by atoms with Crippen LogP contribution in [-0.4, -0.2) is 41.9 Å². The number of benzene rings is 2. The van der Waals surface area contributed by atoms with Crippen LogP contribution in [0.3, 0.4) is 0 Å². The lowest BCUT2D eigenvalue weighted by atomic mass is 10.1. The number of amides is 1. The Morgan fingerprint density at radius 3 is 2.35 bits per heavy atom. The van der Waals surface area contributed by atoms with E-state index in [1.54, 1.807) is 0 Å². The first kappa shape index (κ1) is 21.5. The van der Waals surface area contributed by atoms with Crippen LogP contribution in [0.15, 0.2) is 53.9 Å². The molecular weight excluding hydrogens is 411 g/mol. The second-order valence-corrected chi connectivity index (χ2v) is 8.93. The van der Waals surface area contributed by atoms with Crippen molar-refractivity contribution in [3.63, 3.8) is 0 Å². The van der Waals surface area contributed by atoms with Crippen LogP contribution in [-0.2, 0) is 13.2 Å². The van der Waals surface area contributed by atoms with Crippen LogP contribution in [0.2, 0.25) is 0 Å². The quantitative estimate of drug-likeness (QED) is 0.541. The average molecular weight is 439 g/mol. The Kier molecular flexibility index (Phi) is 6.68. The van der Waals surface area contributed by atoms with Gasteiger partial charge in [0.25, 0.3) is 5.91 Å². The van der Waals surface area contributed by atoms with Crippen molar-refractivity contribution in [2.24, 2.45) is 0 Å². The number of halogens is 1. The van der Waals surface area contributed by atoms with Crippen LogP contribution in [0.4, 0.5) is 4.39 Å². The zero-order valence-electron chi connectivity index (χ0n) is 17.9. The van der Waals surface area contributed by atoms with Crippen molar-refractivity contribution in [1.82, 2.24) is 9.80 Å². The lowest BCUT2D eigenvalue weighted by molar-refractivity contribution is 0.0633. The molecule has 3 aromatic rings. The Morgan fingerprint density at radius 1 is 1.00 bits per heavy atom. The monoisotopic (exact) mass is 438 g/mol. The third kappa shape index (κ3) is 5.32. The lowest BCUT2D eigenvalue weighted by Gasteiger charge is -2.34. The van der Waals surface area contributed by atoms with E-state index in [9.17, 15) is 9.18 Å². The molecule has 0 unspecified atom stereocenters. The molecule has 0 radical (unpaired) electrons. The van der Waals surface area contributed by atoms with Crippen LogP contribution in [0.1, 0.15) is 31.9 Å². The first-order valence-corrected chi connectivity index (χ1v) is 11.4. The molecular formula is C25H27FN2O2S. The molecule has 31 heavy (non-hydrogen) atoms. The van der Waals surface area contributed by atoms with Crippen molar-refractivity contribution >= 4 is 17.2 Å². The van der Waals surface area contributed by atoms with Crippen molar-refractivity contribution in [1.29, 1.82) is 0 Å². The van der Waals surface area contributed by atoms with Gasteiger partial charge in [0.1, 0.15) is 18.2 Å². The van der Waals surface area contributed by atoms with Gasteiger partial charge in [-0.1, -0.05) is 30.3 Å². The molecule has 1 amide bonds. The summed E-state index contributed by atoms with van der Waals surface area (Å²) in [6.45, 7) is 8.36. The highest BCUT2D eigenvalue weighted by Gasteiger charge is 2.23. The van der Waals surface area contributed by atoms with Gasteiger partial charge in [0.15, 0.2) is 0 Å². The molecule has 6 heteroatoms. The van der Waals surface area contributed by atoms with Gasteiger partial charge in [0.2, 0.25) is 0 Å². The van der Waals surface area contributed by atoms with E-state index in [4.69, 9.17) is 4.74 Å². The molecule has 4 rings (SSSR count). The van der Waals surface area contributed by atoms with Gasteiger partial charge in [-0.15, -0.1) is 11.3 Å². The van der Waals surface area contributed by atoms with Gasteiger partial charge in [0, 0.05) is 38.3 Å². The van der Waals surface area contributed by atoms with Crippen molar-refractivity contribution in [3.8, 4) is 5.75 Å². The number of aryl methyl sites for hydroxylation is 2. The predicted octanol–water partition coefficient (Wildman–Crippen LogP) is 5.04. The molecule has 0 saturated carbocycles. The maximum Gasteiger partial charge on any atom is 0.264 e. The van der Waals surface area contributed by atoms with E-state index in [1.165, 1.54) is 23.5 Å². The summed E-state index contributed by atoms with van der Waals surface area (Å²) in [4.78, 5) is 17.9. The summed E-state index contributed by atoms with van der Waals surface area (Å²) in [6, 6.07) is 14.7. The van der Waals surface area contributed by atoms with E-state index in [0.29, 0.717) is 19.7 Å². The first-order chi connectivity index (χ1) is 15.0.